The Morgan fingerprint density at radius 1 is 1.17 bits per heavy atom. The van der Waals surface area contributed by atoms with Gasteiger partial charge in [0.25, 0.3) is 0 Å². The van der Waals surface area contributed by atoms with Crippen LogP contribution in [0.4, 0.5) is 0 Å². The van der Waals surface area contributed by atoms with E-state index in [0.717, 1.165) is 6.42 Å². The summed E-state index contributed by atoms with van der Waals surface area (Å²) in [6, 6.07) is -0.649. The van der Waals surface area contributed by atoms with E-state index < -0.39 is 28.0 Å². The van der Waals surface area contributed by atoms with Crippen molar-refractivity contribution in [2.75, 3.05) is 25.4 Å². The second kappa shape index (κ2) is 7.61. The molecule has 0 aliphatic carbocycles. The van der Waals surface area contributed by atoms with Gasteiger partial charge in [0.15, 0.2) is 0 Å². The molecule has 2 unspecified atom stereocenters. The van der Waals surface area contributed by atoms with Gasteiger partial charge in [-0.05, 0) is 32.1 Å². The van der Waals surface area contributed by atoms with E-state index >= 15 is 0 Å². The fourth-order valence-corrected chi connectivity index (χ4v) is 5.23. The number of hydrogen-bond acceptors (Lipinski definition) is 4. The number of hydrogen-bond donors (Lipinski definition) is 1. The van der Waals surface area contributed by atoms with E-state index in [1.807, 2.05) is 6.92 Å². The molecular formula is C15H26N2O5S. The SMILES string of the molecule is CCCCS(=O)(=O)N1CCCC1C(=O)N1CCCC(C(=O)O)C1. The van der Waals surface area contributed by atoms with Crippen LogP contribution in [0.15, 0.2) is 0 Å². The molecule has 2 fully saturated rings. The van der Waals surface area contributed by atoms with Crippen LogP contribution in [0, 0.1) is 5.92 Å². The molecule has 7 nitrogen and oxygen atoms in total. The normalized spacial score (nSPS) is 26.4. The van der Waals surface area contributed by atoms with E-state index in [4.69, 9.17) is 5.11 Å². The first-order chi connectivity index (χ1) is 10.9. The van der Waals surface area contributed by atoms with Gasteiger partial charge in [0, 0.05) is 19.6 Å². The summed E-state index contributed by atoms with van der Waals surface area (Å²) in [4.78, 5) is 25.4. The number of unbranched alkanes of at least 4 members (excludes halogenated alkanes) is 1. The molecule has 2 heterocycles. The van der Waals surface area contributed by atoms with Gasteiger partial charge in [-0.3, -0.25) is 9.59 Å². The van der Waals surface area contributed by atoms with Crippen molar-refractivity contribution >= 4 is 21.9 Å². The average molecular weight is 346 g/mol. The number of likely N-dealkylation sites (tertiary alicyclic amines) is 1. The van der Waals surface area contributed by atoms with Gasteiger partial charge in [-0.25, -0.2) is 8.42 Å². The fourth-order valence-electron chi connectivity index (χ4n) is 3.35. The topological polar surface area (TPSA) is 95.0 Å². The third-order valence-corrected chi connectivity index (χ3v) is 6.64. The molecule has 1 amide bonds. The number of carbonyl (C=O) groups excluding carboxylic acids is 1. The summed E-state index contributed by atoms with van der Waals surface area (Å²) in [6.45, 7) is 3.02. The standard InChI is InChI=1S/C15H26N2O5S/c1-2-3-10-23(21,22)17-9-5-7-13(17)14(18)16-8-4-6-12(11-16)15(19)20/h12-13H,2-11H2,1H3,(H,19,20). The van der Waals surface area contributed by atoms with Gasteiger partial charge in [-0.1, -0.05) is 13.3 Å². The van der Waals surface area contributed by atoms with Crippen molar-refractivity contribution in [3.63, 3.8) is 0 Å². The molecule has 0 aromatic heterocycles. The summed E-state index contributed by atoms with van der Waals surface area (Å²) >= 11 is 0. The van der Waals surface area contributed by atoms with Crippen molar-refractivity contribution in [1.82, 2.24) is 9.21 Å². The molecule has 1 N–H and O–H groups in total. The maximum atomic E-state index is 12.7. The van der Waals surface area contributed by atoms with E-state index in [9.17, 15) is 18.0 Å². The number of rotatable bonds is 6. The van der Waals surface area contributed by atoms with E-state index in [0.29, 0.717) is 45.2 Å². The van der Waals surface area contributed by atoms with Gasteiger partial charge in [0.1, 0.15) is 6.04 Å². The smallest absolute Gasteiger partial charge is 0.308 e. The summed E-state index contributed by atoms with van der Waals surface area (Å²) in [6.07, 6.45) is 3.80. The minimum atomic E-state index is -3.42. The lowest BCUT2D eigenvalue weighted by atomic mass is 9.97. The van der Waals surface area contributed by atoms with Gasteiger partial charge in [-0.2, -0.15) is 4.31 Å². The quantitative estimate of drug-likeness (QED) is 0.771. The number of nitrogens with zero attached hydrogens (tertiary/aromatic N) is 2. The van der Waals surface area contributed by atoms with Crippen LogP contribution in [0.25, 0.3) is 0 Å². The molecule has 0 bridgehead atoms. The Labute approximate surface area is 137 Å². The maximum absolute atomic E-state index is 12.7. The number of carboxylic acids is 1. The zero-order valence-corrected chi connectivity index (χ0v) is 14.4. The maximum Gasteiger partial charge on any atom is 0.308 e. The lowest BCUT2D eigenvalue weighted by Gasteiger charge is -2.34. The highest BCUT2D eigenvalue weighted by Crippen LogP contribution is 2.26. The summed E-state index contributed by atoms with van der Waals surface area (Å²) in [5, 5.41) is 9.14. The van der Waals surface area contributed by atoms with Crippen molar-refractivity contribution in [3.8, 4) is 0 Å². The third-order valence-electron chi connectivity index (χ3n) is 4.68. The van der Waals surface area contributed by atoms with E-state index in [-0.39, 0.29) is 18.2 Å². The second-order valence-corrected chi connectivity index (χ2v) is 8.44. The van der Waals surface area contributed by atoms with Crippen molar-refractivity contribution in [2.45, 2.75) is 51.5 Å². The van der Waals surface area contributed by atoms with Crippen molar-refractivity contribution in [2.24, 2.45) is 5.92 Å². The molecule has 0 saturated carbocycles. The summed E-state index contributed by atoms with van der Waals surface area (Å²) in [5.41, 5.74) is 0. The van der Waals surface area contributed by atoms with Crippen LogP contribution in [-0.4, -0.2) is 66.0 Å². The van der Waals surface area contributed by atoms with Crippen LogP contribution in [0.3, 0.4) is 0 Å². The monoisotopic (exact) mass is 346 g/mol. The minimum Gasteiger partial charge on any atom is -0.481 e. The average Bonchev–Trinajstić information content (AvgIpc) is 3.03. The molecule has 0 aromatic carbocycles. The van der Waals surface area contributed by atoms with Crippen LogP contribution in [0.1, 0.15) is 45.4 Å². The largest absolute Gasteiger partial charge is 0.481 e. The second-order valence-electron chi connectivity index (χ2n) is 6.40. The van der Waals surface area contributed by atoms with Crippen LogP contribution in [0.5, 0.6) is 0 Å². The molecule has 0 radical (unpaired) electrons. The van der Waals surface area contributed by atoms with Crippen LogP contribution < -0.4 is 0 Å². The summed E-state index contributed by atoms with van der Waals surface area (Å²) in [7, 11) is -3.42. The predicted molar refractivity (Wildman–Crippen MR) is 85.4 cm³/mol. The Kier molecular flexibility index (Phi) is 6.02. The van der Waals surface area contributed by atoms with E-state index in [2.05, 4.69) is 0 Å². The fraction of sp³-hybridized carbons (Fsp3) is 0.867. The first-order valence-corrected chi connectivity index (χ1v) is 9.99. The first kappa shape index (κ1) is 18.2. The number of aliphatic carboxylic acids is 1. The molecule has 2 rings (SSSR count). The zero-order valence-electron chi connectivity index (χ0n) is 13.6. The highest BCUT2D eigenvalue weighted by atomic mass is 32.2. The number of sulfonamides is 1. The van der Waals surface area contributed by atoms with Crippen LogP contribution in [0.2, 0.25) is 0 Å². The predicted octanol–water partition coefficient (Wildman–Crippen LogP) is 0.904. The molecule has 23 heavy (non-hydrogen) atoms. The lowest BCUT2D eigenvalue weighted by molar-refractivity contribution is -0.146. The Morgan fingerprint density at radius 3 is 2.52 bits per heavy atom. The summed E-state index contributed by atoms with van der Waals surface area (Å²) in [5.74, 6) is -1.58. The Morgan fingerprint density at radius 2 is 1.87 bits per heavy atom. The van der Waals surface area contributed by atoms with Crippen molar-refractivity contribution in [1.29, 1.82) is 0 Å². The molecule has 2 atom stereocenters. The first-order valence-electron chi connectivity index (χ1n) is 8.38. The highest BCUT2D eigenvalue weighted by Gasteiger charge is 2.41. The molecule has 0 spiro atoms. The van der Waals surface area contributed by atoms with E-state index in [1.54, 1.807) is 4.90 Å². The number of piperidine rings is 1. The molecule has 0 aromatic rings. The van der Waals surface area contributed by atoms with Gasteiger partial charge in [0.05, 0.1) is 11.7 Å². The Hall–Kier alpha value is -1.15. The Bertz CT molecular complexity index is 548. The lowest BCUT2D eigenvalue weighted by Crippen LogP contribution is -2.51. The van der Waals surface area contributed by atoms with Gasteiger partial charge in [0.2, 0.25) is 15.9 Å². The van der Waals surface area contributed by atoms with Crippen molar-refractivity contribution in [3.05, 3.63) is 0 Å². The van der Waals surface area contributed by atoms with Gasteiger partial charge < -0.3 is 10.0 Å². The number of carbonyl (C=O) groups is 2. The number of carboxylic acid groups (broad SMARTS) is 1. The minimum absolute atomic E-state index is 0.0744. The molecule has 132 valence electrons. The van der Waals surface area contributed by atoms with E-state index in [1.165, 1.54) is 4.31 Å². The molecule has 2 aliphatic heterocycles. The molecule has 2 aliphatic rings. The Balaban J connectivity index is 2.07. The third kappa shape index (κ3) is 4.23. The molecule has 2 saturated heterocycles. The van der Waals surface area contributed by atoms with Crippen molar-refractivity contribution < 1.29 is 23.1 Å². The summed E-state index contributed by atoms with van der Waals surface area (Å²) < 4.78 is 26.2. The zero-order chi connectivity index (χ0) is 17.0. The van der Waals surface area contributed by atoms with Gasteiger partial charge in [-0.15, -0.1) is 0 Å². The molecule has 8 heteroatoms. The molecular weight excluding hydrogens is 320 g/mol. The van der Waals surface area contributed by atoms with Crippen LogP contribution in [-0.2, 0) is 19.6 Å². The number of amides is 1. The van der Waals surface area contributed by atoms with Crippen LogP contribution >= 0.6 is 0 Å². The highest BCUT2D eigenvalue weighted by molar-refractivity contribution is 7.89. The van der Waals surface area contributed by atoms with Gasteiger partial charge >= 0.3 is 5.97 Å².